The molecule has 110 valence electrons. The fourth-order valence-electron chi connectivity index (χ4n) is 3.13. The van der Waals surface area contributed by atoms with Crippen LogP contribution in [0.25, 0.3) is 0 Å². The van der Waals surface area contributed by atoms with Gasteiger partial charge in [-0.25, -0.2) is 4.98 Å². The standard InChI is InChI=1S/C14H20N2O3S/c1-10-12(20-9-15-10)13(18)16-6-4-14(5-7-16)11(17)3-2-8-19-14/h9,11,17H,2-8H2,1H3. The van der Waals surface area contributed by atoms with Crippen molar-refractivity contribution in [2.24, 2.45) is 0 Å². The highest BCUT2D eigenvalue weighted by molar-refractivity contribution is 7.11. The van der Waals surface area contributed by atoms with Crippen molar-refractivity contribution in [1.29, 1.82) is 0 Å². The molecule has 1 spiro atoms. The molecule has 1 aromatic rings. The predicted molar refractivity (Wildman–Crippen MR) is 75.9 cm³/mol. The minimum atomic E-state index is -0.419. The van der Waals surface area contributed by atoms with E-state index >= 15 is 0 Å². The summed E-state index contributed by atoms with van der Waals surface area (Å²) in [5.41, 5.74) is 2.09. The first-order chi connectivity index (χ1) is 9.62. The van der Waals surface area contributed by atoms with Gasteiger partial charge in [0.25, 0.3) is 5.91 Å². The van der Waals surface area contributed by atoms with Crippen LogP contribution in [-0.2, 0) is 4.74 Å². The molecule has 2 aliphatic rings. The van der Waals surface area contributed by atoms with Gasteiger partial charge in [-0.05, 0) is 32.6 Å². The average Bonchev–Trinajstić information content (AvgIpc) is 2.89. The second-order valence-corrected chi connectivity index (χ2v) is 6.49. The van der Waals surface area contributed by atoms with E-state index in [1.807, 2.05) is 11.8 Å². The highest BCUT2D eigenvalue weighted by atomic mass is 32.1. The number of carbonyl (C=O) groups is 1. The first-order valence-corrected chi connectivity index (χ1v) is 8.02. The van der Waals surface area contributed by atoms with E-state index in [2.05, 4.69) is 4.98 Å². The molecule has 0 bridgehead atoms. The number of rotatable bonds is 1. The number of aromatic nitrogens is 1. The maximum Gasteiger partial charge on any atom is 0.265 e. The number of ether oxygens (including phenoxy) is 1. The van der Waals surface area contributed by atoms with Crippen molar-refractivity contribution in [3.8, 4) is 0 Å². The number of amides is 1. The Labute approximate surface area is 122 Å². The van der Waals surface area contributed by atoms with Crippen LogP contribution in [-0.4, -0.2) is 52.3 Å². The van der Waals surface area contributed by atoms with E-state index in [4.69, 9.17) is 4.74 Å². The molecule has 1 unspecified atom stereocenters. The Kier molecular flexibility index (Phi) is 3.79. The lowest BCUT2D eigenvalue weighted by atomic mass is 9.82. The fraction of sp³-hybridized carbons (Fsp3) is 0.714. The number of hydrogen-bond donors (Lipinski definition) is 1. The second kappa shape index (κ2) is 5.42. The van der Waals surface area contributed by atoms with Gasteiger partial charge in [-0.3, -0.25) is 4.79 Å². The Morgan fingerprint density at radius 2 is 2.30 bits per heavy atom. The summed E-state index contributed by atoms with van der Waals surface area (Å²) in [5, 5.41) is 10.2. The zero-order valence-corrected chi connectivity index (χ0v) is 12.5. The van der Waals surface area contributed by atoms with Crippen molar-refractivity contribution in [2.45, 2.75) is 44.3 Å². The van der Waals surface area contributed by atoms with Gasteiger partial charge < -0.3 is 14.7 Å². The number of piperidine rings is 1. The van der Waals surface area contributed by atoms with Crippen molar-refractivity contribution < 1.29 is 14.6 Å². The molecule has 0 saturated carbocycles. The molecule has 6 heteroatoms. The molecular weight excluding hydrogens is 276 g/mol. The van der Waals surface area contributed by atoms with Crippen LogP contribution >= 0.6 is 11.3 Å². The van der Waals surface area contributed by atoms with Crippen molar-refractivity contribution in [1.82, 2.24) is 9.88 Å². The zero-order valence-electron chi connectivity index (χ0n) is 11.7. The monoisotopic (exact) mass is 296 g/mol. The third kappa shape index (κ3) is 2.36. The molecule has 1 amide bonds. The summed E-state index contributed by atoms with van der Waals surface area (Å²) >= 11 is 1.40. The maximum absolute atomic E-state index is 12.4. The molecule has 1 N–H and O–H groups in total. The summed E-state index contributed by atoms with van der Waals surface area (Å²) in [7, 11) is 0. The first-order valence-electron chi connectivity index (χ1n) is 7.14. The molecule has 1 aromatic heterocycles. The SMILES string of the molecule is Cc1ncsc1C(=O)N1CCC2(CC1)OCCCC2O. The molecule has 1 atom stereocenters. The summed E-state index contributed by atoms with van der Waals surface area (Å²) < 4.78 is 5.86. The molecule has 20 heavy (non-hydrogen) atoms. The van der Waals surface area contributed by atoms with Gasteiger partial charge in [-0.2, -0.15) is 0 Å². The molecule has 0 aromatic carbocycles. The highest BCUT2D eigenvalue weighted by Gasteiger charge is 2.44. The van der Waals surface area contributed by atoms with Gasteiger partial charge in [0.15, 0.2) is 0 Å². The van der Waals surface area contributed by atoms with Crippen LogP contribution in [0.15, 0.2) is 5.51 Å². The molecule has 2 aliphatic heterocycles. The van der Waals surface area contributed by atoms with E-state index in [1.165, 1.54) is 11.3 Å². The Morgan fingerprint density at radius 1 is 1.55 bits per heavy atom. The minimum Gasteiger partial charge on any atom is -0.390 e. The number of hydrogen-bond acceptors (Lipinski definition) is 5. The van der Waals surface area contributed by atoms with Gasteiger partial charge in [0.1, 0.15) is 4.88 Å². The van der Waals surface area contributed by atoms with E-state index in [9.17, 15) is 9.90 Å². The van der Waals surface area contributed by atoms with Crippen molar-refractivity contribution in [2.75, 3.05) is 19.7 Å². The highest BCUT2D eigenvalue weighted by Crippen LogP contribution is 2.35. The largest absolute Gasteiger partial charge is 0.390 e. The van der Waals surface area contributed by atoms with Gasteiger partial charge in [0.2, 0.25) is 0 Å². The van der Waals surface area contributed by atoms with Crippen molar-refractivity contribution >= 4 is 17.2 Å². The lowest BCUT2D eigenvalue weighted by Crippen LogP contribution is -2.56. The first kappa shape index (κ1) is 14.0. The average molecular weight is 296 g/mol. The third-order valence-corrected chi connectivity index (χ3v) is 5.37. The van der Waals surface area contributed by atoms with Crippen LogP contribution in [0.5, 0.6) is 0 Å². The van der Waals surface area contributed by atoms with Crippen molar-refractivity contribution in [3.05, 3.63) is 16.1 Å². The Balaban J connectivity index is 1.67. The molecule has 3 heterocycles. The third-order valence-electron chi connectivity index (χ3n) is 4.46. The molecule has 2 saturated heterocycles. The van der Waals surface area contributed by atoms with Crippen LogP contribution in [0.3, 0.4) is 0 Å². The number of carbonyl (C=O) groups excluding carboxylic acids is 1. The number of aryl methyl sites for hydroxylation is 1. The van der Waals surface area contributed by atoms with E-state index in [0.29, 0.717) is 13.1 Å². The summed E-state index contributed by atoms with van der Waals surface area (Å²) in [4.78, 5) is 19.1. The Bertz CT molecular complexity index is 494. The molecule has 0 aliphatic carbocycles. The van der Waals surface area contributed by atoms with E-state index in [1.54, 1.807) is 5.51 Å². The van der Waals surface area contributed by atoms with Crippen LogP contribution in [0.2, 0.25) is 0 Å². The molecule has 2 fully saturated rings. The lowest BCUT2D eigenvalue weighted by molar-refractivity contribution is -0.174. The van der Waals surface area contributed by atoms with E-state index in [-0.39, 0.29) is 5.91 Å². The van der Waals surface area contributed by atoms with Crippen LogP contribution in [0.4, 0.5) is 0 Å². The topological polar surface area (TPSA) is 62.7 Å². The zero-order chi connectivity index (χ0) is 14.2. The lowest BCUT2D eigenvalue weighted by Gasteiger charge is -2.46. The predicted octanol–water partition coefficient (Wildman–Crippen LogP) is 1.60. The minimum absolute atomic E-state index is 0.0603. The quantitative estimate of drug-likeness (QED) is 0.855. The number of likely N-dealkylation sites (tertiary alicyclic amines) is 1. The Morgan fingerprint density at radius 3 is 2.90 bits per heavy atom. The smallest absolute Gasteiger partial charge is 0.265 e. The molecule has 5 nitrogen and oxygen atoms in total. The van der Waals surface area contributed by atoms with Crippen LogP contribution < -0.4 is 0 Å². The normalized spacial score (nSPS) is 25.9. The fourth-order valence-corrected chi connectivity index (χ4v) is 3.90. The molecule has 0 radical (unpaired) electrons. The van der Waals surface area contributed by atoms with Crippen LogP contribution in [0.1, 0.15) is 41.0 Å². The van der Waals surface area contributed by atoms with E-state index in [0.717, 1.165) is 42.9 Å². The van der Waals surface area contributed by atoms with Gasteiger partial charge in [0.05, 0.1) is 22.9 Å². The van der Waals surface area contributed by atoms with Gasteiger partial charge >= 0.3 is 0 Å². The number of aliphatic hydroxyl groups excluding tert-OH is 1. The Hall–Kier alpha value is -0.980. The van der Waals surface area contributed by atoms with Gasteiger partial charge in [-0.1, -0.05) is 0 Å². The van der Waals surface area contributed by atoms with Gasteiger partial charge in [0, 0.05) is 19.7 Å². The summed E-state index contributed by atoms with van der Waals surface area (Å²) in [6.07, 6.45) is 2.78. The number of nitrogens with zero attached hydrogens (tertiary/aromatic N) is 2. The summed E-state index contributed by atoms with van der Waals surface area (Å²) in [6, 6.07) is 0. The molecular formula is C14H20N2O3S. The summed E-state index contributed by atoms with van der Waals surface area (Å²) in [6.45, 7) is 3.88. The van der Waals surface area contributed by atoms with E-state index < -0.39 is 11.7 Å². The molecule has 3 rings (SSSR count). The number of aliphatic hydroxyl groups is 1. The van der Waals surface area contributed by atoms with Gasteiger partial charge in [-0.15, -0.1) is 11.3 Å². The maximum atomic E-state index is 12.4. The second-order valence-electron chi connectivity index (χ2n) is 5.63. The summed E-state index contributed by atoms with van der Waals surface area (Å²) in [5.74, 6) is 0.0603. The van der Waals surface area contributed by atoms with Crippen molar-refractivity contribution in [3.63, 3.8) is 0 Å². The number of thiazole rings is 1. The van der Waals surface area contributed by atoms with Crippen LogP contribution in [0, 0.1) is 6.92 Å².